The largest absolute Gasteiger partial charge is 0.495 e. The summed E-state index contributed by atoms with van der Waals surface area (Å²) < 4.78 is 27.8. The first-order chi connectivity index (χ1) is 22.2. The summed E-state index contributed by atoms with van der Waals surface area (Å²) in [6, 6.07) is 10.8. The maximum atomic E-state index is 13.5. The van der Waals surface area contributed by atoms with E-state index in [4.69, 9.17) is 9.47 Å². The maximum Gasteiger partial charge on any atom is 0.142 e. The lowest BCUT2D eigenvalue weighted by Crippen LogP contribution is -2.45. The van der Waals surface area contributed by atoms with Gasteiger partial charge in [0.15, 0.2) is 0 Å². The van der Waals surface area contributed by atoms with E-state index in [1.165, 1.54) is 5.56 Å². The Morgan fingerprint density at radius 2 is 1.78 bits per heavy atom. The zero-order chi connectivity index (χ0) is 32.0. The Balaban J connectivity index is 1.24. The zero-order valence-corrected chi connectivity index (χ0v) is 28.7. The topological polar surface area (TPSA) is 119 Å². The van der Waals surface area contributed by atoms with Crippen molar-refractivity contribution in [2.75, 3.05) is 44.3 Å². The van der Waals surface area contributed by atoms with Crippen molar-refractivity contribution in [3.8, 4) is 16.9 Å². The number of aryl methyl sites for hydroxylation is 1. The van der Waals surface area contributed by atoms with Gasteiger partial charge in [-0.2, -0.15) is 5.10 Å². The van der Waals surface area contributed by atoms with Crippen molar-refractivity contribution in [1.29, 1.82) is 0 Å². The molecule has 2 fully saturated rings. The second-order valence-electron chi connectivity index (χ2n) is 12.2. The van der Waals surface area contributed by atoms with Crippen LogP contribution in [-0.4, -0.2) is 75.4 Å². The molecule has 13 heteroatoms. The molecule has 2 bridgehead atoms. The molecule has 2 atom stereocenters. The predicted molar refractivity (Wildman–Crippen MR) is 185 cm³/mol. The molecule has 5 heterocycles. The first-order valence-electron chi connectivity index (χ1n) is 15.2. The SMILES string of the molecule is COc1cc(CN2C3CCC2COC3)c(-c2cnn(C)c2)cc1Nc1cc(Nc2ccc3nccnc3c2P(C)(C)=O)c(Br)cn1. The molecular formula is C33H36BrN8O3P. The van der Waals surface area contributed by atoms with Crippen molar-refractivity contribution < 1.29 is 14.0 Å². The van der Waals surface area contributed by atoms with E-state index in [0.29, 0.717) is 39.9 Å². The number of ether oxygens (including phenoxy) is 2. The third-order valence-corrected chi connectivity index (χ3v) is 10.9. The van der Waals surface area contributed by atoms with Crippen LogP contribution < -0.4 is 20.7 Å². The summed E-state index contributed by atoms with van der Waals surface area (Å²) in [5.74, 6) is 1.33. The number of nitrogens with one attached hydrogen (secondary N) is 2. The van der Waals surface area contributed by atoms with Gasteiger partial charge in [-0.25, -0.2) is 4.98 Å². The Kier molecular flexibility index (Phi) is 8.31. The molecule has 0 radical (unpaired) electrons. The molecule has 0 spiro atoms. The van der Waals surface area contributed by atoms with Gasteiger partial charge in [0.05, 0.1) is 58.9 Å². The highest BCUT2D eigenvalue weighted by Gasteiger charge is 2.37. The van der Waals surface area contributed by atoms with E-state index >= 15 is 0 Å². The van der Waals surface area contributed by atoms with Crippen molar-refractivity contribution in [2.24, 2.45) is 7.05 Å². The maximum absolute atomic E-state index is 13.5. The normalized spacial score (nSPS) is 18.2. The molecule has 2 unspecified atom stereocenters. The summed E-state index contributed by atoms with van der Waals surface area (Å²) >= 11 is 3.64. The minimum Gasteiger partial charge on any atom is -0.495 e. The van der Waals surface area contributed by atoms with E-state index in [-0.39, 0.29) is 0 Å². The second kappa shape index (κ2) is 12.4. The van der Waals surface area contributed by atoms with E-state index in [1.807, 2.05) is 42.3 Å². The minimum atomic E-state index is -2.73. The van der Waals surface area contributed by atoms with Crippen LogP contribution in [0.1, 0.15) is 18.4 Å². The van der Waals surface area contributed by atoms with Crippen LogP contribution in [0.25, 0.3) is 22.2 Å². The number of benzene rings is 2. The number of anilines is 4. The molecule has 0 amide bonds. The lowest BCUT2D eigenvalue weighted by molar-refractivity contribution is -0.0186. The molecule has 2 N–H and O–H groups in total. The lowest BCUT2D eigenvalue weighted by Gasteiger charge is -2.35. The van der Waals surface area contributed by atoms with Crippen LogP contribution in [0.2, 0.25) is 0 Å². The zero-order valence-electron chi connectivity index (χ0n) is 26.2. The Morgan fingerprint density at radius 1 is 1.00 bits per heavy atom. The van der Waals surface area contributed by atoms with Gasteiger partial charge in [-0.15, -0.1) is 0 Å². The number of pyridine rings is 1. The number of rotatable bonds is 9. The van der Waals surface area contributed by atoms with Gasteiger partial charge in [-0.05, 0) is 77.5 Å². The van der Waals surface area contributed by atoms with Gasteiger partial charge in [0, 0.05) is 62.1 Å². The molecule has 3 aromatic heterocycles. The van der Waals surface area contributed by atoms with Gasteiger partial charge in [-0.1, -0.05) is 0 Å². The summed E-state index contributed by atoms with van der Waals surface area (Å²) in [5.41, 5.74) is 6.86. The minimum absolute atomic E-state index is 0.437. The van der Waals surface area contributed by atoms with Crippen LogP contribution in [-0.2, 0) is 22.9 Å². The number of methoxy groups -OCH3 is 1. The standard InChI is InChI=1S/C33H36BrN8O3P/c1-41-16-21(14-38-41)24-12-29(30(44-2)11-20(24)17-42-22-5-6-23(42)19-45-18-22)40-31-13-28(25(34)15-37-31)39-27-8-7-26-32(36-10-9-35-26)33(27)46(3,4)43/h7-16,22-23H,5-6,17-19H2,1-4H3,(H2,37,39,40). The van der Waals surface area contributed by atoms with Crippen LogP contribution >= 0.6 is 23.1 Å². The molecular weight excluding hydrogens is 667 g/mol. The summed E-state index contributed by atoms with van der Waals surface area (Å²) in [7, 11) is 0.884. The first-order valence-corrected chi connectivity index (χ1v) is 18.6. The summed E-state index contributed by atoms with van der Waals surface area (Å²) in [5, 5.41) is 12.1. The molecule has 238 valence electrons. The second-order valence-corrected chi connectivity index (χ2v) is 16.2. The van der Waals surface area contributed by atoms with Crippen molar-refractivity contribution in [2.45, 2.75) is 31.5 Å². The Bertz CT molecular complexity index is 1960. The Labute approximate surface area is 276 Å². The average molecular weight is 704 g/mol. The molecule has 2 aliphatic rings. The highest BCUT2D eigenvalue weighted by Crippen LogP contribution is 2.42. The molecule has 2 aromatic carbocycles. The van der Waals surface area contributed by atoms with Gasteiger partial charge < -0.3 is 24.7 Å². The van der Waals surface area contributed by atoms with E-state index in [1.54, 1.807) is 39.0 Å². The highest BCUT2D eigenvalue weighted by molar-refractivity contribution is 9.10. The fraction of sp³-hybridized carbons (Fsp3) is 0.333. The molecule has 2 saturated heterocycles. The first kappa shape index (κ1) is 30.8. The number of halogens is 1. The van der Waals surface area contributed by atoms with Crippen molar-refractivity contribution >= 4 is 62.3 Å². The molecule has 11 nitrogen and oxygen atoms in total. The lowest BCUT2D eigenvalue weighted by atomic mass is 9.99. The molecule has 0 aliphatic carbocycles. The number of fused-ring (bicyclic) bond motifs is 3. The number of morpholine rings is 1. The third-order valence-electron chi connectivity index (χ3n) is 8.73. The van der Waals surface area contributed by atoms with E-state index in [0.717, 1.165) is 65.3 Å². The van der Waals surface area contributed by atoms with Gasteiger partial charge >= 0.3 is 0 Å². The van der Waals surface area contributed by atoms with Gasteiger partial charge in [0.2, 0.25) is 0 Å². The van der Waals surface area contributed by atoms with Crippen LogP contribution in [0.3, 0.4) is 0 Å². The molecule has 7 rings (SSSR count). The predicted octanol–water partition coefficient (Wildman–Crippen LogP) is 6.29. The average Bonchev–Trinajstić information content (AvgIpc) is 3.55. The summed E-state index contributed by atoms with van der Waals surface area (Å²) in [6.45, 7) is 5.86. The van der Waals surface area contributed by atoms with Crippen LogP contribution in [0.4, 0.5) is 22.9 Å². The number of hydrogen-bond donors (Lipinski definition) is 2. The van der Waals surface area contributed by atoms with Gasteiger partial charge in [0.25, 0.3) is 0 Å². The Morgan fingerprint density at radius 3 is 2.50 bits per heavy atom. The summed E-state index contributed by atoms with van der Waals surface area (Å²) in [6.07, 6.45) is 11.3. The fourth-order valence-electron chi connectivity index (χ4n) is 6.57. The van der Waals surface area contributed by atoms with E-state index in [2.05, 4.69) is 63.6 Å². The van der Waals surface area contributed by atoms with Crippen molar-refractivity contribution in [1.82, 2.24) is 29.6 Å². The number of nitrogens with zero attached hydrogens (tertiary/aromatic N) is 6. The number of hydrogen-bond acceptors (Lipinski definition) is 10. The molecule has 0 saturated carbocycles. The summed E-state index contributed by atoms with van der Waals surface area (Å²) in [4.78, 5) is 16.2. The van der Waals surface area contributed by atoms with Gasteiger partial charge in [0.1, 0.15) is 24.2 Å². The van der Waals surface area contributed by atoms with Crippen molar-refractivity contribution in [3.05, 3.63) is 71.4 Å². The Hall–Kier alpha value is -3.83. The fourth-order valence-corrected chi connectivity index (χ4v) is 8.28. The monoisotopic (exact) mass is 702 g/mol. The smallest absolute Gasteiger partial charge is 0.142 e. The van der Waals surface area contributed by atoms with Crippen molar-refractivity contribution in [3.63, 3.8) is 0 Å². The quantitative estimate of drug-likeness (QED) is 0.170. The van der Waals surface area contributed by atoms with Crippen LogP contribution in [0.5, 0.6) is 5.75 Å². The van der Waals surface area contributed by atoms with Crippen LogP contribution in [0, 0.1) is 0 Å². The highest BCUT2D eigenvalue weighted by atomic mass is 79.9. The van der Waals surface area contributed by atoms with Gasteiger partial charge in [-0.3, -0.25) is 19.5 Å². The van der Waals surface area contributed by atoms with E-state index < -0.39 is 7.14 Å². The number of aromatic nitrogens is 5. The molecule has 46 heavy (non-hydrogen) atoms. The van der Waals surface area contributed by atoms with E-state index in [9.17, 15) is 4.57 Å². The molecule has 2 aliphatic heterocycles. The molecule has 5 aromatic rings. The van der Waals surface area contributed by atoms with Crippen LogP contribution in [0.15, 0.2) is 65.8 Å². The third kappa shape index (κ3) is 6.02.